The molecule has 20 heavy (non-hydrogen) atoms. The number of carbonyl (C=O) groups excluding carboxylic acids is 2. The van der Waals surface area contributed by atoms with Gasteiger partial charge in [0.25, 0.3) is 0 Å². The van der Waals surface area contributed by atoms with Gasteiger partial charge in [-0.1, -0.05) is 0 Å². The summed E-state index contributed by atoms with van der Waals surface area (Å²) < 4.78 is 39.7. The Kier molecular flexibility index (Phi) is 2.54. The van der Waals surface area contributed by atoms with E-state index >= 15 is 0 Å². The number of nitrogens with zero attached hydrogens (tertiary/aromatic N) is 2. The molecule has 10 nitrogen and oxygen atoms in total. The average molecular weight is 303 g/mol. The van der Waals surface area contributed by atoms with Crippen LogP contribution in [0.3, 0.4) is 0 Å². The fourth-order valence-corrected chi connectivity index (χ4v) is 2.85. The fourth-order valence-electron chi connectivity index (χ4n) is 2.48. The number of primary amides is 1. The molecular formula is C9H9N3O7S. The van der Waals surface area contributed by atoms with Crippen molar-refractivity contribution in [2.75, 3.05) is 6.54 Å². The largest absolute Gasteiger partial charge is 0.466 e. The molecule has 2 bridgehead atoms. The van der Waals surface area contributed by atoms with E-state index in [4.69, 9.17) is 14.7 Å². The summed E-state index contributed by atoms with van der Waals surface area (Å²) in [5.74, 6) is -0.662. The lowest BCUT2D eigenvalue weighted by Crippen LogP contribution is -2.41. The summed E-state index contributed by atoms with van der Waals surface area (Å²) in [5, 5.41) is 0.479. The molecule has 1 fully saturated rings. The SMILES string of the molecule is NC(=O)[C@@H]1c2occc2[C@H]2CN1C(=O)N2OS(=O)(=O)O. The number of furan rings is 1. The first kappa shape index (κ1) is 12.9. The van der Waals surface area contributed by atoms with Crippen LogP contribution in [0.2, 0.25) is 0 Å². The maximum Gasteiger partial charge on any atom is 0.418 e. The maximum absolute atomic E-state index is 12.0. The quantitative estimate of drug-likeness (QED) is 0.705. The van der Waals surface area contributed by atoms with E-state index in [1.54, 1.807) is 0 Å². The zero-order valence-electron chi connectivity index (χ0n) is 9.79. The molecular weight excluding hydrogens is 294 g/mol. The van der Waals surface area contributed by atoms with Crippen molar-refractivity contribution in [2.24, 2.45) is 5.73 Å². The molecule has 0 unspecified atom stereocenters. The second-order valence-corrected chi connectivity index (χ2v) is 5.33. The number of hydroxylamine groups is 2. The lowest BCUT2D eigenvalue weighted by atomic mass is 9.98. The zero-order valence-corrected chi connectivity index (χ0v) is 10.6. The van der Waals surface area contributed by atoms with Crippen molar-refractivity contribution in [1.29, 1.82) is 0 Å². The summed E-state index contributed by atoms with van der Waals surface area (Å²) in [5.41, 5.74) is 5.64. The van der Waals surface area contributed by atoms with Crippen LogP contribution in [0.15, 0.2) is 16.7 Å². The molecule has 11 heteroatoms. The Bertz CT molecular complexity index is 696. The van der Waals surface area contributed by atoms with Crippen molar-refractivity contribution in [3.05, 3.63) is 23.7 Å². The number of amides is 3. The third-order valence-corrected chi connectivity index (χ3v) is 3.53. The van der Waals surface area contributed by atoms with E-state index in [0.29, 0.717) is 10.6 Å². The molecule has 0 radical (unpaired) electrons. The normalized spacial score (nSPS) is 24.9. The molecule has 3 N–H and O–H groups in total. The van der Waals surface area contributed by atoms with Gasteiger partial charge in [-0.25, -0.2) is 4.79 Å². The van der Waals surface area contributed by atoms with E-state index < -0.39 is 34.4 Å². The van der Waals surface area contributed by atoms with Crippen LogP contribution in [0.25, 0.3) is 0 Å². The van der Waals surface area contributed by atoms with Crippen LogP contribution in [-0.4, -0.2) is 41.4 Å². The third kappa shape index (κ3) is 1.75. The number of hydrogen-bond donors (Lipinski definition) is 2. The van der Waals surface area contributed by atoms with Crippen molar-refractivity contribution in [1.82, 2.24) is 9.96 Å². The molecule has 1 aromatic heterocycles. The molecule has 2 aliphatic rings. The summed E-state index contributed by atoms with van der Waals surface area (Å²) >= 11 is 0. The molecule has 108 valence electrons. The van der Waals surface area contributed by atoms with E-state index in [2.05, 4.69) is 4.28 Å². The molecule has 3 rings (SSSR count). The van der Waals surface area contributed by atoms with Crippen LogP contribution in [0.1, 0.15) is 23.4 Å². The molecule has 1 aromatic rings. The van der Waals surface area contributed by atoms with Gasteiger partial charge in [0.05, 0.1) is 12.8 Å². The molecule has 2 aliphatic heterocycles. The van der Waals surface area contributed by atoms with Crippen molar-refractivity contribution < 1.29 is 31.3 Å². The maximum atomic E-state index is 12.0. The van der Waals surface area contributed by atoms with E-state index in [9.17, 15) is 18.0 Å². The molecule has 3 heterocycles. The van der Waals surface area contributed by atoms with Gasteiger partial charge in [0.2, 0.25) is 5.91 Å². The number of fused-ring (bicyclic) bond motifs is 4. The standard InChI is InChI=1S/C9H9N3O7S/c10-8(13)6-7-4(1-2-18-7)5-3-11(6)9(14)12(5)19-20(15,16)17/h1-2,5-6H,3H2,(H2,10,13)(H,15,16,17)/t5-,6+/m1/s1. The van der Waals surface area contributed by atoms with Crippen LogP contribution in [0.4, 0.5) is 4.79 Å². The molecule has 0 saturated carbocycles. The van der Waals surface area contributed by atoms with Gasteiger partial charge in [0.1, 0.15) is 11.8 Å². The molecule has 0 aromatic carbocycles. The smallest absolute Gasteiger partial charge is 0.418 e. The number of rotatable bonds is 3. The lowest BCUT2D eigenvalue weighted by molar-refractivity contribution is -0.123. The number of carbonyl (C=O) groups is 2. The predicted octanol–water partition coefficient (Wildman–Crippen LogP) is -0.667. The molecule has 2 atom stereocenters. The Labute approximate surface area is 112 Å². The Balaban J connectivity index is 2.07. The van der Waals surface area contributed by atoms with Gasteiger partial charge in [0, 0.05) is 5.56 Å². The minimum absolute atomic E-state index is 0.00546. The van der Waals surface area contributed by atoms with Gasteiger partial charge in [0.15, 0.2) is 6.04 Å². The molecule has 1 saturated heterocycles. The first-order valence-corrected chi connectivity index (χ1v) is 6.79. The molecule has 3 amide bonds. The van der Waals surface area contributed by atoms with Gasteiger partial charge in [-0.05, 0) is 6.07 Å². The second-order valence-electron chi connectivity index (χ2n) is 4.32. The minimum atomic E-state index is -4.87. The Morgan fingerprint density at radius 1 is 1.55 bits per heavy atom. The van der Waals surface area contributed by atoms with Crippen LogP contribution in [-0.2, 0) is 19.5 Å². The third-order valence-electron chi connectivity index (χ3n) is 3.18. The van der Waals surface area contributed by atoms with Gasteiger partial charge < -0.3 is 15.1 Å². The highest BCUT2D eigenvalue weighted by Gasteiger charge is 2.53. The number of hydrogen-bond acceptors (Lipinski definition) is 6. The summed E-state index contributed by atoms with van der Waals surface area (Å²) in [6.07, 6.45) is 1.29. The summed E-state index contributed by atoms with van der Waals surface area (Å²) in [4.78, 5) is 24.5. The summed E-state index contributed by atoms with van der Waals surface area (Å²) in [6.45, 7) is -0.00546. The second kappa shape index (κ2) is 3.94. The van der Waals surface area contributed by atoms with Gasteiger partial charge in [-0.2, -0.15) is 13.5 Å². The highest BCUT2D eigenvalue weighted by molar-refractivity contribution is 7.80. The Hall–Kier alpha value is -2.11. The van der Waals surface area contributed by atoms with Gasteiger partial charge in [-0.15, -0.1) is 4.28 Å². The number of urea groups is 1. The monoisotopic (exact) mass is 303 g/mol. The first-order chi connectivity index (χ1) is 9.29. The molecule has 0 spiro atoms. The minimum Gasteiger partial charge on any atom is -0.466 e. The average Bonchev–Trinajstić information content (AvgIpc) is 2.88. The van der Waals surface area contributed by atoms with Gasteiger partial charge >= 0.3 is 16.4 Å². The first-order valence-electron chi connectivity index (χ1n) is 5.43. The van der Waals surface area contributed by atoms with Crippen molar-refractivity contribution >= 4 is 22.3 Å². The van der Waals surface area contributed by atoms with Crippen molar-refractivity contribution in [3.8, 4) is 0 Å². The van der Waals surface area contributed by atoms with E-state index in [0.717, 1.165) is 4.90 Å². The lowest BCUT2D eigenvalue weighted by Gasteiger charge is -2.26. The van der Waals surface area contributed by atoms with Crippen LogP contribution < -0.4 is 5.73 Å². The number of nitrogens with two attached hydrogens (primary N) is 1. The molecule has 0 aliphatic carbocycles. The summed E-state index contributed by atoms with van der Waals surface area (Å²) in [6, 6.07) is -1.37. The Morgan fingerprint density at radius 3 is 2.85 bits per heavy atom. The van der Waals surface area contributed by atoms with Gasteiger partial charge in [-0.3, -0.25) is 9.35 Å². The van der Waals surface area contributed by atoms with Crippen LogP contribution in [0, 0.1) is 0 Å². The van der Waals surface area contributed by atoms with Crippen LogP contribution in [0.5, 0.6) is 0 Å². The van der Waals surface area contributed by atoms with Crippen molar-refractivity contribution in [3.63, 3.8) is 0 Å². The predicted molar refractivity (Wildman–Crippen MR) is 60.0 cm³/mol. The van der Waals surface area contributed by atoms with E-state index in [-0.39, 0.29) is 12.3 Å². The van der Waals surface area contributed by atoms with E-state index in [1.165, 1.54) is 12.3 Å². The summed E-state index contributed by atoms with van der Waals surface area (Å²) in [7, 11) is -4.87. The fraction of sp³-hybridized carbons (Fsp3) is 0.333. The van der Waals surface area contributed by atoms with Crippen molar-refractivity contribution in [2.45, 2.75) is 12.1 Å². The highest BCUT2D eigenvalue weighted by Crippen LogP contribution is 2.44. The highest BCUT2D eigenvalue weighted by atomic mass is 32.3. The van der Waals surface area contributed by atoms with Crippen LogP contribution >= 0.6 is 0 Å². The topological polar surface area (TPSA) is 143 Å². The van der Waals surface area contributed by atoms with E-state index in [1.807, 2.05) is 0 Å². The Morgan fingerprint density at radius 2 is 2.25 bits per heavy atom. The zero-order chi connectivity index (χ0) is 14.7.